The van der Waals surface area contributed by atoms with Crippen LogP contribution in [0.4, 0.5) is 37.7 Å². The quantitative estimate of drug-likeness (QED) is 0.180. The second-order valence-electron chi connectivity index (χ2n) is 7.53. The van der Waals surface area contributed by atoms with Crippen LogP contribution in [-0.4, -0.2) is 65.1 Å². The monoisotopic (exact) mass is 666 g/mol. The molecule has 0 atom stereocenters. The Morgan fingerprint density at radius 3 is 1.00 bits per heavy atom. The van der Waals surface area contributed by atoms with Gasteiger partial charge in [-0.15, -0.1) is 0 Å². The van der Waals surface area contributed by atoms with Gasteiger partial charge in [-0.3, -0.25) is 0 Å². The summed E-state index contributed by atoms with van der Waals surface area (Å²) in [6, 6.07) is 8.98. The van der Waals surface area contributed by atoms with Gasteiger partial charge in [0.2, 0.25) is 14.1 Å². The van der Waals surface area contributed by atoms with E-state index in [1.807, 2.05) is 0 Å². The van der Waals surface area contributed by atoms with Gasteiger partial charge in [-0.25, -0.2) is 16.8 Å². The first-order valence-corrected chi connectivity index (χ1v) is 21.3. The molecule has 0 amide bonds. The number of nitrogens with zero attached hydrogens (tertiary/aromatic N) is 4. The van der Waals surface area contributed by atoms with E-state index in [1.165, 1.54) is 11.4 Å². The standard InChI is InChI=1S/C14H20N4P4.2CHF3O3S/c1-15(2)13-5-9-17(10-6-13)19-21-20(22(19)21)18-11-7-14(8-12-18)16(3)4;2*2-1(3,4)8(5,6)7/h5-12H,1-4H3;2*(H,5,6,7)/q+2;;/p-2. The number of anilines is 2. The highest BCUT2D eigenvalue weighted by Crippen LogP contribution is 3.06. The van der Waals surface area contributed by atoms with Crippen LogP contribution in [0.1, 0.15) is 0 Å². The van der Waals surface area contributed by atoms with Crippen molar-refractivity contribution in [3.8, 4) is 0 Å². The first-order valence-electron chi connectivity index (χ1n) is 9.70. The number of fused-ring (bicyclic) bond motifs is 1. The number of rotatable bonds is 4. The summed E-state index contributed by atoms with van der Waals surface area (Å²) in [5.74, 6) is 0. The molecule has 0 spiro atoms. The molecule has 0 aliphatic carbocycles. The molecule has 0 unspecified atom stereocenters. The van der Waals surface area contributed by atoms with E-state index in [0.29, 0.717) is 12.7 Å². The van der Waals surface area contributed by atoms with Crippen LogP contribution >= 0.6 is 26.8 Å². The van der Waals surface area contributed by atoms with Crippen molar-refractivity contribution in [1.29, 1.82) is 0 Å². The van der Waals surface area contributed by atoms with Crippen LogP contribution in [0, 0.1) is 0 Å². The second-order valence-corrected chi connectivity index (χ2v) is 32.7. The van der Waals surface area contributed by atoms with E-state index in [2.05, 4.69) is 95.7 Å². The van der Waals surface area contributed by atoms with Gasteiger partial charge in [0.15, 0.2) is 45.0 Å². The first-order chi connectivity index (χ1) is 17.1. The average molecular weight is 666 g/mol. The van der Waals surface area contributed by atoms with Gasteiger partial charge >= 0.3 is 11.0 Å². The Balaban J connectivity index is 0.000000264. The van der Waals surface area contributed by atoms with Crippen LogP contribution in [0.3, 0.4) is 0 Å². The Kier molecular flexibility index (Phi) is 9.94. The van der Waals surface area contributed by atoms with E-state index < -0.39 is 31.3 Å². The summed E-state index contributed by atoms with van der Waals surface area (Å²) in [5.41, 5.74) is -8.71. The van der Waals surface area contributed by atoms with Crippen molar-refractivity contribution in [3.05, 3.63) is 49.1 Å². The number of hydrogen-bond acceptors (Lipinski definition) is 8. The highest BCUT2D eigenvalue weighted by atomic mass is 33.1. The largest absolute Gasteiger partial charge is 0.741 e. The van der Waals surface area contributed by atoms with Crippen molar-refractivity contribution in [2.45, 2.75) is 11.0 Å². The maximum Gasteiger partial charge on any atom is 0.485 e. The molecule has 214 valence electrons. The van der Waals surface area contributed by atoms with Gasteiger partial charge in [-0.2, -0.15) is 35.0 Å². The minimum absolute atomic E-state index is 0.201. The van der Waals surface area contributed by atoms with Crippen LogP contribution in [0.25, 0.3) is 0 Å². The van der Waals surface area contributed by atoms with Gasteiger partial charge in [-0.05, 0) is 0 Å². The predicted molar refractivity (Wildman–Crippen MR) is 132 cm³/mol. The van der Waals surface area contributed by atoms with Crippen LogP contribution < -0.4 is 18.5 Å². The van der Waals surface area contributed by atoms with E-state index in [4.69, 9.17) is 25.9 Å². The smallest absolute Gasteiger partial charge is 0.485 e. The van der Waals surface area contributed by atoms with Crippen molar-refractivity contribution in [2.24, 2.45) is 0 Å². The molecule has 0 saturated heterocycles. The maximum atomic E-state index is 10.7. The van der Waals surface area contributed by atoms with Gasteiger partial charge in [0, 0.05) is 63.8 Å². The lowest BCUT2D eigenvalue weighted by Crippen LogP contribution is -2.23. The second kappa shape index (κ2) is 11.5. The van der Waals surface area contributed by atoms with Crippen LogP contribution in [-0.2, 0) is 20.2 Å². The zero-order chi connectivity index (χ0) is 29.4. The van der Waals surface area contributed by atoms with Crippen molar-refractivity contribution in [2.75, 3.05) is 38.0 Å². The summed E-state index contributed by atoms with van der Waals surface area (Å²) in [7, 11) is -3.39. The third-order valence-corrected chi connectivity index (χ3v) is 41.5. The molecule has 4 aromatic rings. The van der Waals surface area contributed by atoms with Crippen molar-refractivity contribution >= 4 is 58.4 Å². The number of aromatic nitrogens is 2. The van der Waals surface area contributed by atoms with Crippen LogP contribution in [0.2, 0.25) is 0 Å². The van der Waals surface area contributed by atoms with Gasteiger partial charge in [-0.1, -0.05) is 0 Å². The fourth-order valence-electron chi connectivity index (χ4n) is 2.35. The average Bonchev–Trinajstić information content (AvgIpc) is 3.65. The number of halogens is 6. The van der Waals surface area contributed by atoms with E-state index in [1.54, 1.807) is 0 Å². The van der Waals surface area contributed by atoms with E-state index in [9.17, 15) is 26.3 Å². The molecular weight excluding hydrogens is 646 g/mol. The van der Waals surface area contributed by atoms with Gasteiger partial charge in [0.05, 0.1) is 0 Å². The summed E-state index contributed by atoms with van der Waals surface area (Å²) in [5, 5.41) is 0. The summed E-state index contributed by atoms with van der Waals surface area (Å²) < 4.78 is 123. The minimum Gasteiger partial charge on any atom is -0.741 e. The van der Waals surface area contributed by atoms with Crippen molar-refractivity contribution < 1.29 is 61.0 Å². The normalized spacial score (nSPS) is 14.5. The van der Waals surface area contributed by atoms with Crippen molar-refractivity contribution in [3.63, 3.8) is 0 Å². The molecule has 10 nitrogen and oxygen atoms in total. The predicted octanol–water partition coefficient (Wildman–Crippen LogP) is 4.25. The molecule has 0 radical (unpaired) electrons. The summed E-state index contributed by atoms with van der Waals surface area (Å²) in [6.45, 7) is 0. The minimum atomic E-state index is -6.09. The number of pyridine rings is 2. The van der Waals surface area contributed by atoms with E-state index >= 15 is 0 Å². The molecule has 0 aromatic carbocycles. The molecule has 4 rings (SSSR count). The molecule has 22 heteroatoms. The van der Waals surface area contributed by atoms with E-state index in [0.717, 1.165) is 0 Å². The fourth-order valence-corrected chi connectivity index (χ4v) is 49.9. The Morgan fingerprint density at radius 2 is 0.842 bits per heavy atom. The Bertz CT molecular complexity index is 1400. The summed E-state index contributed by atoms with van der Waals surface area (Å²) in [6.07, 6.45) is 9.91. The maximum absolute atomic E-state index is 10.7. The van der Waals surface area contributed by atoms with Crippen LogP contribution in [0.15, 0.2) is 49.1 Å². The third-order valence-electron chi connectivity index (χ3n) is 4.34. The highest BCUT2D eigenvalue weighted by molar-refractivity contribution is 9.06. The van der Waals surface area contributed by atoms with Crippen LogP contribution in [0.5, 0.6) is 0 Å². The molecule has 38 heavy (non-hydrogen) atoms. The summed E-state index contributed by atoms with van der Waals surface area (Å²) >= 11 is 0. The molecule has 0 N–H and O–H groups in total. The lowest BCUT2D eigenvalue weighted by Gasteiger charge is -2.10. The Morgan fingerprint density at radius 1 is 0.632 bits per heavy atom. The molecule has 4 heterocycles. The highest BCUT2D eigenvalue weighted by Gasteiger charge is 2.49. The zero-order valence-corrected chi connectivity index (χ0v) is 24.9. The zero-order valence-electron chi connectivity index (χ0n) is 19.7. The molecule has 0 fully saturated rings. The molecule has 0 bridgehead atoms. The number of alkyl halides is 6. The molecular formula is C16H20F6N4O6P4S2. The summed E-state index contributed by atoms with van der Waals surface area (Å²) in [4.78, 5) is 4.33. The molecule has 0 aliphatic heterocycles. The van der Waals surface area contributed by atoms with Crippen molar-refractivity contribution in [1.82, 2.24) is 0 Å². The SMILES string of the molecule is CN(C)c1cc[n+](-p2p3p(-[n+]4ccc(N(C)C)cc4)p23)cc1.O=S(=O)([O-])C(F)(F)F.O=S(=O)([O-])C(F)(F)F. The topological polar surface area (TPSA) is 129 Å². The molecule has 4 aromatic heterocycles. The molecule has 0 saturated carbocycles. The van der Waals surface area contributed by atoms with E-state index in [-0.39, 0.29) is 14.1 Å². The third kappa shape index (κ3) is 8.25. The fraction of sp³-hybridized carbons (Fsp3) is 0.375. The van der Waals surface area contributed by atoms with Gasteiger partial charge in [0.25, 0.3) is 0 Å². The number of hydrogen-bond donors (Lipinski definition) is 0. The Hall–Kier alpha value is -1.50. The molecule has 0 aliphatic rings. The first kappa shape index (κ1) is 32.7. The van der Waals surface area contributed by atoms with Gasteiger partial charge in [0.1, 0.15) is 12.7 Å². The van der Waals surface area contributed by atoms with Gasteiger partial charge < -0.3 is 18.9 Å². The lowest BCUT2D eigenvalue weighted by atomic mass is 10.4. The Labute approximate surface area is 217 Å². The lowest BCUT2D eigenvalue weighted by molar-refractivity contribution is -0.504.